The highest BCUT2D eigenvalue weighted by molar-refractivity contribution is 7.86. The maximum absolute atomic E-state index is 12.3. The van der Waals surface area contributed by atoms with E-state index in [2.05, 4.69) is 5.32 Å². The van der Waals surface area contributed by atoms with Crippen molar-refractivity contribution in [1.82, 2.24) is 5.32 Å². The minimum atomic E-state index is -3.83. The predicted molar refractivity (Wildman–Crippen MR) is 70.8 cm³/mol. The number of benzene rings is 1. The molecule has 2 saturated heterocycles. The number of nitrogens with one attached hydrogen (secondary N) is 1. The molecule has 110 valence electrons. The van der Waals surface area contributed by atoms with Gasteiger partial charge in [0.1, 0.15) is 12.2 Å². The summed E-state index contributed by atoms with van der Waals surface area (Å²) in [6, 6.07) is 6.43. The maximum atomic E-state index is 12.3. The number of ether oxygens (including phenoxy) is 1. The van der Waals surface area contributed by atoms with Gasteiger partial charge in [0.15, 0.2) is 0 Å². The molecule has 1 aromatic carbocycles. The first-order valence-electron chi connectivity index (χ1n) is 6.51. The molecule has 6 nitrogen and oxygen atoms in total. The Bertz CT molecular complexity index is 603. The van der Waals surface area contributed by atoms with E-state index in [0.717, 1.165) is 0 Å². The van der Waals surface area contributed by atoms with Gasteiger partial charge in [-0.05, 0) is 18.6 Å². The maximum Gasteiger partial charge on any atom is 0.297 e. The van der Waals surface area contributed by atoms with E-state index in [0.29, 0.717) is 12.1 Å². The third-order valence-corrected chi connectivity index (χ3v) is 5.26. The average Bonchev–Trinajstić information content (AvgIpc) is 2.94. The van der Waals surface area contributed by atoms with Gasteiger partial charge in [-0.2, -0.15) is 8.42 Å². The third-order valence-electron chi connectivity index (χ3n) is 3.76. The second kappa shape index (κ2) is 5.09. The van der Waals surface area contributed by atoms with Crippen LogP contribution in [0.25, 0.3) is 0 Å². The molecule has 1 unspecified atom stereocenters. The Hall–Kier alpha value is -0.990. The summed E-state index contributed by atoms with van der Waals surface area (Å²) >= 11 is 0. The first-order valence-corrected chi connectivity index (χ1v) is 7.92. The first kappa shape index (κ1) is 14.0. The fourth-order valence-corrected chi connectivity index (χ4v) is 4.05. The van der Waals surface area contributed by atoms with E-state index in [4.69, 9.17) is 8.92 Å². The summed E-state index contributed by atoms with van der Waals surface area (Å²) in [4.78, 5) is 0.169. The van der Waals surface area contributed by atoms with Crippen molar-refractivity contribution in [2.45, 2.75) is 36.2 Å². The molecule has 4 atom stereocenters. The topological polar surface area (TPSA) is 84.9 Å². The largest absolute Gasteiger partial charge is 0.389 e. The SMILES string of the molecule is Cc1ccccc1S(=O)(=O)O[C@H]1CN[C@H]2C1OC[C@@H]2O. The summed E-state index contributed by atoms with van der Waals surface area (Å²) in [5, 5.41) is 12.7. The van der Waals surface area contributed by atoms with Crippen molar-refractivity contribution >= 4 is 10.1 Å². The van der Waals surface area contributed by atoms with Gasteiger partial charge in [0.05, 0.1) is 23.6 Å². The van der Waals surface area contributed by atoms with Crippen LogP contribution in [-0.2, 0) is 19.0 Å². The molecule has 0 spiro atoms. The van der Waals surface area contributed by atoms with E-state index in [1.54, 1.807) is 25.1 Å². The molecule has 0 amide bonds. The molecule has 2 heterocycles. The van der Waals surface area contributed by atoms with E-state index in [1.165, 1.54) is 6.07 Å². The number of aliphatic hydroxyl groups excluding tert-OH is 1. The summed E-state index contributed by atoms with van der Waals surface area (Å²) < 4.78 is 35.3. The summed E-state index contributed by atoms with van der Waals surface area (Å²) in [6.45, 7) is 2.27. The second-order valence-corrected chi connectivity index (χ2v) is 6.69. The van der Waals surface area contributed by atoms with Crippen molar-refractivity contribution in [2.75, 3.05) is 13.2 Å². The Labute approximate surface area is 117 Å². The van der Waals surface area contributed by atoms with E-state index in [-0.39, 0.29) is 17.5 Å². The highest BCUT2D eigenvalue weighted by atomic mass is 32.2. The van der Waals surface area contributed by atoms with Crippen molar-refractivity contribution in [3.63, 3.8) is 0 Å². The molecule has 1 aromatic rings. The van der Waals surface area contributed by atoms with Gasteiger partial charge in [-0.15, -0.1) is 0 Å². The van der Waals surface area contributed by atoms with Gasteiger partial charge in [-0.25, -0.2) is 0 Å². The smallest absolute Gasteiger partial charge is 0.297 e. The van der Waals surface area contributed by atoms with Crippen LogP contribution in [0.5, 0.6) is 0 Å². The lowest BCUT2D eigenvalue weighted by Crippen LogP contribution is -2.37. The summed E-state index contributed by atoms with van der Waals surface area (Å²) in [5.74, 6) is 0. The van der Waals surface area contributed by atoms with Gasteiger partial charge in [0.2, 0.25) is 0 Å². The zero-order valence-electron chi connectivity index (χ0n) is 11.0. The van der Waals surface area contributed by atoms with E-state index in [1.807, 2.05) is 0 Å². The fourth-order valence-electron chi connectivity index (χ4n) is 2.74. The van der Waals surface area contributed by atoms with Crippen molar-refractivity contribution in [2.24, 2.45) is 0 Å². The molecule has 2 aliphatic rings. The number of fused-ring (bicyclic) bond motifs is 1. The van der Waals surface area contributed by atoms with Crippen molar-refractivity contribution in [1.29, 1.82) is 0 Å². The van der Waals surface area contributed by atoms with Crippen LogP contribution in [-0.4, -0.2) is 51.0 Å². The van der Waals surface area contributed by atoms with Crippen LogP contribution in [0, 0.1) is 6.92 Å². The number of aliphatic hydroxyl groups is 1. The highest BCUT2D eigenvalue weighted by Gasteiger charge is 2.48. The number of hydrogen-bond acceptors (Lipinski definition) is 6. The molecule has 0 aliphatic carbocycles. The quantitative estimate of drug-likeness (QED) is 0.752. The van der Waals surface area contributed by atoms with Crippen molar-refractivity contribution < 1.29 is 22.4 Å². The molecule has 2 fully saturated rings. The predicted octanol–water partition coefficient (Wildman–Crippen LogP) is -0.200. The van der Waals surface area contributed by atoms with Crippen LogP contribution in [0.1, 0.15) is 5.56 Å². The summed E-state index contributed by atoms with van der Waals surface area (Å²) in [7, 11) is -3.83. The molecular weight excluding hydrogens is 282 g/mol. The van der Waals surface area contributed by atoms with Gasteiger partial charge in [0.25, 0.3) is 10.1 Å². The minimum absolute atomic E-state index is 0.169. The van der Waals surface area contributed by atoms with Gasteiger partial charge in [0, 0.05) is 6.54 Å². The third kappa shape index (κ3) is 2.36. The van der Waals surface area contributed by atoms with E-state index < -0.39 is 28.4 Å². The Morgan fingerprint density at radius 1 is 1.40 bits per heavy atom. The average molecular weight is 299 g/mol. The lowest BCUT2D eigenvalue weighted by molar-refractivity contribution is 0.0278. The normalized spacial score (nSPS) is 33.3. The first-order chi connectivity index (χ1) is 9.49. The summed E-state index contributed by atoms with van der Waals surface area (Å²) in [6.07, 6.45) is -1.65. The Morgan fingerprint density at radius 2 is 2.15 bits per heavy atom. The standard InChI is InChI=1S/C13H17NO5S/c1-8-4-2-3-5-11(8)20(16,17)19-10-6-14-12-9(15)7-18-13(10)12/h2-5,9-10,12-15H,6-7H2,1H3/t9-,10-,12+,13?/m0/s1. The molecule has 0 bridgehead atoms. The minimum Gasteiger partial charge on any atom is -0.389 e. The van der Waals surface area contributed by atoms with E-state index >= 15 is 0 Å². The van der Waals surface area contributed by atoms with Gasteiger partial charge in [-0.1, -0.05) is 18.2 Å². The zero-order valence-corrected chi connectivity index (χ0v) is 11.8. The molecule has 0 aromatic heterocycles. The molecule has 0 radical (unpaired) electrons. The van der Waals surface area contributed by atoms with Crippen LogP contribution >= 0.6 is 0 Å². The molecule has 7 heteroatoms. The Balaban J connectivity index is 1.80. The van der Waals surface area contributed by atoms with Crippen LogP contribution in [0.15, 0.2) is 29.2 Å². The van der Waals surface area contributed by atoms with Gasteiger partial charge >= 0.3 is 0 Å². The Morgan fingerprint density at radius 3 is 2.90 bits per heavy atom. The molecule has 0 saturated carbocycles. The number of aryl methyl sites for hydroxylation is 1. The lowest BCUT2D eigenvalue weighted by atomic mass is 10.1. The van der Waals surface area contributed by atoms with Crippen LogP contribution in [0.4, 0.5) is 0 Å². The second-order valence-electron chi connectivity index (χ2n) is 5.15. The Kier molecular flexibility index (Phi) is 3.55. The molecule has 20 heavy (non-hydrogen) atoms. The van der Waals surface area contributed by atoms with Crippen molar-refractivity contribution in [3.8, 4) is 0 Å². The molecule has 2 N–H and O–H groups in total. The highest BCUT2D eigenvalue weighted by Crippen LogP contribution is 2.27. The van der Waals surface area contributed by atoms with E-state index in [9.17, 15) is 13.5 Å². The summed E-state index contributed by atoms with van der Waals surface area (Å²) in [5.41, 5.74) is 0.641. The fraction of sp³-hybridized carbons (Fsp3) is 0.538. The monoisotopic (exact) mass is 299 g/mol. The zero-order chi connectivity index (χ0) is 14.3. The lowest BCUT2D eigenvalue weighted by Gasteiger charge is -2.17. The number of hydrogen-bond donors (Lipinski definition) is 2. The molecule has 2 aliphatic heterocycles. The molecular formula is C13H17NO5S. The van der Waals surface area contributed by atoms with Crippen LogP contribution in [0.3, 0.4) is 0 Å². The van der Waals surface area contributed by atoms with Gasteiger partial charge in [-0.3, -0.25) is 4.18 Å². The van der Waals surface area contributed by atoms with Crippen LogP contribution in [0.2, 0.25) is 0 Å². The van der Waals surface area contributed by atoms with Crippen molar-refractivity contribution in [3.05, 3.63) is 29.8 Å². The van der Waals surface area contributed by atoms with Crippen LogP contribution < -0.4 is 5.32 Å². The van der Waals surface area contributed by atoms with Gasteiger partial charge < -0.3 is 15.2 Å². The number of rotatable bonds is 3. The molecule has 3 rings (SSSR count).